The summed E-state index contributed by atoms with van der Waals surface area (Å²) in [6.45, 7) is 2.75. The fraction of sp³-hybridized carbons (Fsp3) is 0.633. The van der Waals surface area contributed by atoms with Gasteiger partial charge in [-0.3, -0.25) is 23.2 Å². The highest BCUT2D eigenvalue weighted by Crippen LogP contribution is 2.49. The second-order valence-corrected chi connectivity index (χ2v) is 19.1. The molecule has 0 aliphatic heterocycles. The number of carbonyl (C=O) groups is 2. The highest BCUT2D eigenvalue weighted by molar-refractivity contribution is 7.47. The Balaban J connectivity index is 2.76. The molecule has 0 amide bonds. The number of phosphoric acid groups is 2. The van der Waals surface area contributed by atoms with Crippen molar-refractivity contribution in [2.75, 3.05) is 13.2 Å². The van der Waals surface area contributed by atoms with Crippen molar-refractivity contribution in [2.24, 2.45) is 0 Å². The van der Waals surface area contributed by atoms with Crippen molar-refractivity contribution in [3.8, 4) is 0 Å². The van der Waals surface area contributed by atoms with Crippen molar-refractivity contribution >= 4 is 27.6 Å². The summed E-state index contributed by atoms with van der Waals surface area (Å²) in [4.78, 5) is 54.3. The molecule has 10 atom stereocenters. The van der Waals surface area contributed by atoms with Gasteiger partial charge in [-0.15, -0.1) is 0 Å². The zero-order valence-corrected chi connectivity index (χ0v) is 42.0. The third-order valence-electron chi connectivity index (χ3n) is 10.3. The van der Waals surface area contributed by atoms with Crippen LogP contribution in [0.5, 0.6) is 0 Å². The normalized spacial score (nSPS) is 22.9. The second-order valence-electron chi connectivity index (χ2n) is 16.5. The average molecular weight is 1020 g/mol. The average Bonchev–Trinajstić information content (AvgIpc) is 3.29. The van der Waals surface area contributed by atoms with Crippen molar-refractivity contribution in [2.45, 2.75) is 184 Å². The Kier molecular flexibility index (Phi) is 35.6. The molecule has 0 saturated heterocycles. The number of aliphatic hydroxyl groups is 6. The monoisotopic (exact) mass is 1020 g/mol. The van der Waals surface area contributed by atoms with Gasteiger partial charge in [0, 0.05) is 12.8 Å². The van der Waals surface area contributed by atoms with Gasteiger partial charge in [0.2, 0.25) is 0 Å². The molecule has 0 bridgehead atoms. The van der Waals surface area contributed by atoms with Crippen LogP contribution < -0.4 is 0 Å². The van der Waals surface area contributed by atoms with Gasteiger partial charge in [-0.25, -0.2) is 9.13 Å². The van der Waals surface area contributed by atoms with Crippen LogP contribution in [0.4, 0.5) is 0 Å². The second kappa shape index (κ2) is 38.5. The summed E-state index contributed by atoms with van der Waals surface area (Å²) in [7, 11) is -10.8. The van der Waals surface area contributed by atoms with Gasteiger partial charge >= 0.3 is 27.6 Å². The number of carbonyl (C=O) groups excluding carboxylic acids is 2. The molecule has 394 valence electrons. The zero-order valence-electron chi connectivity index (χ0n) is 40.2. The minimum Gasteiger partial charge on any atom is -0.462 e. The van der Waals surface area contributed by atoms with E-state index in [2.05, 4.69) is 54.8 Å². The van der Waals surface area contributed by atoms with E-state index in [1.54, 1.807) is 30.4 Å². The maximum absolute atomic E-state index is 13.0. The maximum Gasteiger partial charge on any atom is 0.472 e. The van der Waals surface area contributed by atoms with E-state index in [0.29, 0.717) is 19.3 Å². The molecule has 18 nitrogen and oxygen atoms in total. The van der Waals surface area contributed by atoms with Crippen LogP contribution in [-0.4, -0.2) is 125 Å². The number of rotatable bonds is 38. The molecule has 9 N–H and O–H groups in total. The van der Waals surface area contributed by atoms with E-state index >= 15 is 0 Å². The Hall–Kier alpha value is -3.16. The van der Waals surface area contributed by atoms with Gasteiger partial charge in [-0.1, -0.05) is 137 Å². The van der Waals surface area contributed by atoms with Crippen LogP contribution in [-0.2, 0) is 41.8 Å². The molecule has 1 saturated carbocycles. The van der Waals surface area contributed by atoms with Crippen molar-refractivity contribution < 1.29 is 87.1 Å². The number of hydrogen-bond acceptors (Lipinski definition) is 15. The number of allylic oxidation sites excluding steroid dienone is 13. The number of unbranched alkanes of at least 4 members (excludes halogenated alkanes) is 7. The first-order valence-electron chi connectivity index (χ1n) is 24.0. The quantitative estimate of drug-likeness (QED) is 0.00978. The third kappa shape index (κ3) is 33.2. The summed E-state index contributed by atoms with van der Waals surface area (Å²) in [5, 5.41) is 61.7. The molecule has 1 rings (SSSR count). The Morgan fingerprint density at radius 2 is 1.04 bits per heavy atom. The van der Waals surface area contributed by atoms with Crippen molar-refractivity contribution in [1.29, 1.82) is 0 Å². The molecule has 20 heteroatoms. The summed E-state index contributed by atoms with van der Waals surface area (Å²) >= 11 is 0. The zero-order chi connectivity index (χ0) is 51.3. The highest BCUT2D eigenvalue weighted by atomic mass is 31.2. The fourth-order valence-corrected chi connectivity index (χ4v) is 8.04. The minimum atomic E-state index is -5.41. The largest absolute Gasteiger partial charge is 0.472 e. The summed E-state index contributed by atoms with van der Waals surface area (Å²) in [5.41, 5.74) is 0. The molecule has 0 aromatic heterocycles. The van der Waals surface area contributed by atoms with Gasteiger partial charge in [0.1, 0.15) is 43.2 Å². The van der Waals surface area contributed by atoms with Crippen LogP contribution in [0.2, 0.25) is 0 Å². The molecule has 5 unspecified atom stereocenters. The minimum absolute atomic E-state index is 0.0136. The first-order chi connectivity index (χ1) is 32.9. The SMILES string of the molecule is CCCCC/C=C\C/C=C\C/C=C\C/C=C\CCCC(=O)OC[C@H](COP(=O)(O)O[C@H]1C(O)C(O)C(O)[C@@H](OP(=O)(O)O)C1O)OC(=O)CCC[C@@H](O)\C=C/C=C/C=C/[C@@H](O)C/C=C\CCCCC. The van der Waals surface area contributed by atoms with E-state index in [-0.39, 0.29) is 25.7 Å². The first kappa shape index (κ1) is 63.9. The lowest BCUT2D eigenvalue weighted by Crippen LogP contribution is -2.64. The summed E-state index contributed by atoms with van der Waals surface area (Å²) in [6, 6.07) is 0. The lowest BCUT2D eigenvalue weighted by atomic mass is 9.85. The Bertz CT molecular complexity index is 1740. The molecule has 0 radical (unpaired) electrons. The lowest BCUT2D eigenvalue weighted by Gasteiger charge is -2.43. The molecule has 0 aromatic rings. The molecule has 69 heavy (non-hydrogen) atoms. The van der Waals surface area contributed by atoms with Crippen molar-refractivity contribution in [3.63, 3.8) is 0 Å². The maximum atomic E-state index is 13.0. The van der Waals surface area contributed by atoms with Gasteiger partial charge in [-0.05, 0) is 77.0 Å². The van der Waals surface area contributed by atoms with Gasteiger partial charge in [0.15, 0.2) is 6.10 Å². The van der Waals surface area contributed by atoms with Gasteiger partial charge in [-0.2, -0.15) is 0 Å². The van der Waals surface area contributed by atoms with Crippen molar-refractivity contribution in [3.05, 3.63) is 97.2 Å². The van der Waals surface area contributed by atoms with Crippen LogP contribution >= 0.6 is 15.6 Å². The number of aliphatic hydroxyl groups excluding tert-OH is 6. The molecule has 1 fully saturated rings. The van der Waals surface area contributed by atoms with Crippen LogP contribution in [0.1, 0.15) is 129 Å². The van der Waals surface area contributed by atoms with Crippen LogP contribution in [0.3, 0.4) is 0 Å². The molecule has 1 aliphatic carbocycles. The molecule has 0 spiro atoms. The van der Waals surface area contributed by atoms with Gasteiger partial charge < -0.3 is 54.8 Å². The van der Waals surface area contributed by atoms with Gasteiger partial charge in [0.25, 0.3) is 0 Å². The Morgan fingerprint density at radius 1 is 0.551 bits per heavy atom. The first-order valence-corrected chi connectivity index (χ1v) is 27.0. The topological polar surface area (TPSA) is 296 Å². The summed E-state index contributed by atoms with van der Waals surface area (Å²) < 4.78 is 49.1. The molecule has 0 heterocycles. The number of phosphoric ester groups is 2. The predicted molar refractivity (Wildman–Crippen MR) is 262 cm³/mol. The van der Waals surface area contributed by atoms with E-state index in [0.717, 1.165) is 44.9 Å². The molecular weight excluding hydrogens is 938 g/mol. The highest BCUT2D eigenvalue weighted by Gasteiger charge is 2.54. The standard InChI is InChI=1S/C49H80O18P2/c1-3-5-7-9-11-12-13-14-15-16-17-18-19-20-21-23-29-35-42(52)63-37-41(38-64-69(61,62)67-49-46(56)44(54)45(55)48(47(49)57)66-68(58,59)60)65-43(53)36-30-34-40(51)33-28-25-24-27-32-39(50)31-26-22-10-8-6-4-2/h11-12,14-15,17-18,20-22,24-28,32-33,39-41,44-51,54-57H,3-10,13,16,19,23,29-31,34-38H2,1-2H3,(H,61,62)(H2,58,59,60)/b12-11-,15-14-,18-17-,21-20-,25-24+,26-22-,32-27+,33-28-/t39-,40-,41+,44?,45?,46?,47?,48+,49-/m0/s1. The van der Waals surface area contributed by atoms with Crippen LogP contribution in [0.15, 0.2) is 97.2 Å². The predicted octanol–water partition coefficient (Wildman–Crippen LogP) is 7.11. The Morgan fingerprint density at radius 3 is 1.59 bits per heavy atom. The Labute approximate surface area is 408 Å². The molecule has 1 aliphatic rings. The third-order valence-corrected chi connectivity index (χ3v) is 11.8. The molecular formula is C49H80O18P2. The lowest BCUT2D eigenvalue weighted by molar-refractivity contribution is -0.216. The van der Waals surface area contributed by atoms with Crippen LogP contribution in [0, 0.1) is 0 Å². The van der Waals surface area contributed by atoms with Crippen LogP contribution in [0.25, 0.3) is 0 Å². The number of hydrogen-bond donors (Lipinski definition) is 9. The number of ether oxygens (including phenoxy) is 2. The van der Waals surface area contributed by atoms with E-state index in [4.69, 9.17) is 18.5 Å². The van der Waals surface area contributed by atoms with E-state index in [9.17, 15) is 64.0 Å². The summed E-state index contributed by atoms with van der Waals surface area (Å²) in [6.07, 6.45) is 26.9. The van der Waals surface area contributed by atoms with Gasteiger partial charge in [0.05, 0.1) is 18.8 Å². The summed E-state index contributed by atoms with van der Waals surface area (Å²) in [5.74, 6) is -1.52. The van der Waals surface area contributed by atoms with E-state index < -0.39 is 95.7 Å². The van der Waals surface area contributed by atoms with Crippen molar-refractivity contribution in [1.82, 2.24) is 0 Å². The number of esters is 2. The molecule has 0 aromatic carbocycles. The van der Waals surface area contributed by atoms with E-state index in [1.807, 2.05) is 24.3 Å². The fourth-order valence-electron chi connectivity index (χ4n) is 6.50. The van der Waals surface area contributed by atoms with E-state index in [1.165, 1.54) is 31.8 Å². The smallest absolute Gasteiger partial charge is 0.462 e.